The molecule has 1 heterocycles. The molecule has 1 N–H and O–H groups in total. The molecule has 1 aromatic carbocycles. The van der Waals surface area contributed by atoms with Gasteiger partial charge in [-0.05, 0) is 36.8 Å². The SMILES string of the molecule is CCC(O)(c1ccc(F)cn1)c1cc(OC)ccc1OC. The zero-order valence-electron chi connectivity index (χ0n) is 12.3. The van der Waals surface area contributed by atoms with Crippen LogP contribution in [0.4, 0.5) is 4.39 Å². The minimum atomic E-state index is -1.38. The standard InChI is InChI=1S/C16H18FNO3/c1-4-16(19,15-8-5-11(17)10-18-15)13-9-12(20-2)6-7-14(13)21-3/h5-10,19H,4H2,1-3H3. The Morgan fingerprint density at radius 2 is 1.95 bits per heavy atom. The van der Waals surface area contributed by atoms with Crippen LogP contribution in [0.2, 0.25) is 0 Å². The quantitative estimate of drug-likeness (QED) is 0.920. The van der Waals surface area contributed by atoms with Crippen LogP contribution in [0.15, 0.2) is 36.5 Å². The Morgan fingerprint density at radius 3 is 2.48 bits per heavy atom. The van der Waals surface area contributed by atoms with Crippen molar-refractivity contribution in [2.45, 2.75) is 18.9 Å². The van der Waals surface area contributed by atoms with E-state index in [2.05, 4.69) is 4.98 Å². The van der Waals surface area contributed by atoms with Crippen LogP contribution < -0.4 is 9.47 Å². The van der Waals surface area contributed by atoms with E-state index in [1.165, 1.54) is 19.2 Å². The van der Waals surface area contributed by atoms with Crippen LogP contribution in [-0.2, 0) is 5.60 Å². The number of aromatic nitrogens is 1. The van der Waals surface area contributed by atoms with Crippen molar-refractivity contribution in [1.29, 1.82) is 0 Å². The van der Waals surface area contributed by atoms with Crippen molar-refractivity contribution in [2.24, 2.45) is 0 Å². The molecule has 2 aromatic rings. The van der Waals surface area contributed by atoms with Gasteiger partial charge in [0.1, 0.15) is 22.9 Å². The van der Waals surface area contributed by atoms with Crippen molar-refractivity contribution < 1.29 is 19.0 Å². The van der Waals surface area contributed by atoms with Crippen LogP contribution >= 0.6 is 0 Å². The Kier molecular flexibility index (Phi) is 4.43. The van der Waals surface area contributed by atoms with Crippen molar-refractivity contribution in [3.05, 3.63) is 53.6 Å². The molecule has 0 amide bonds. The predicted molar refractivity (Wildman–Crippen MR) is 77.0 cm³/mol. The Morgan fingerprint density at radius 1 is 1.19 bits per heavy atom. The summed E-state index contributed by atoms with van der Waals surface area (Å²) >= 11 is 0. The van der Waals surface area contributed by atoms with Crippen LogP contribution in [0.1, 0.15) is 24.6 Å². The van der Waals surface area contributed by atoms with Gasteiger partial charge in [0.2, 0.25) is 0 Å². The van der Waals surface area contributed by atoms with Crippen molar-refractivity contribution in [3.8, 4) is 11.5 Å². The summed E-state index contributed by atoms with van der Waals surface area (Å²) < 4.78 is 23.6. The molecular weight excluding hydrogens is 273 g/mol. The van der Waals surface area contributed by atoms with Gasteiger partial charge in [0, 0.05) is 5.56 Å². The lowest BCUT2D eigenvalue weighted by molar-refractivity contribution is 0.0687. The summed E-state index contributed by atoms with van der Waals surface area (Å²) in [6.07, 6.45) is 1.44. The number of pyridine rings is 1. The van der Waals surface area contributed by atoms with Crippen LogP contribution in [0.25, 0.3) is 0 Å². The van der Waals surface area contributed by atoms with E-state index in [0.29, 0.717) is 29.2 Å². The second kappa shape index (κ2) is 6.10. The summed E-state index contributed by atoms with van der Waals surface area (Å²) in [5.74, 6) is 0.667. The number of benzene rings is 1. The molecule has 0 aliphatic carbocycles. The Balaban J connectivity index is 2.60. The smallest absolute Gasteiger partial charge is 0.141 e. The second-order valence-corrected chi connectivity index (χ2v) is 4.64. The number of ether oxygens (including phenoxy) is 2. The third-order valence-electron chi connectivity index (χ3n) is 3.52. The van der Waals surface area contributed by atoms with Gasteiger partial charge in [0.25, 0.3) is 0 Å². The van der Waals surface area contributed by atoms with Crippen LogP contribution in [-0.4, -0.2) is 24.3 Å². The van der Waals surface area contributed by atoms with Crippen LogP contribution in [0.5, 0.6) is 11.5 Å². The molecule has 0 radical (unpaired) electrons. The molecule has 112 valence electrons. The molecule has 2 rings (SSSR count). The average Bonchev–Trinajstić information content (AvgIpc) is 2.54. The third kappa shape index (κ3) is 2.83. The highest BCUT2D eigenvalue weighted by Crippen LogP contribution is 2.39. The molecule has 0 aliphatic heterocycles. The molecule has 0 saturated carbocycles. The average molecular weight is 291 g/mol. The van der Waals surface area contributed by atoms with Crippen molar-refractivity contribution in [2.75, 3.05) is 14.2 Å². The first-order valence-corrected chi connectivity index (χ1v) is 6.62. The molecule has 1 unspecified atom stereocenters. The van der Waals surface area contributed by atoms with E-state index < -0.39 is 11.4 Å². The fraction of sp³-hybridized carbons (Fsp3) is 0.312. The highest BCUT2D eigenvalue weighted by Gasteiger charge is 2.34. The molecule has 0 aliphatic rings. The number of hydrogen-bond donors (Lipinski definition) is 1. The molecule has 1 atom stereocenters. The minimum Gasteiger partial charge on any atom is -0.497 e. The topological polar surface area (TPSA) is 51.6 Å². The van der Waals surface area contributed by atoms with Gasteiger partial charge in [-0.25, -0.2) is 4.39 Å². The van der Waals surface area contributed by atoms with E-state index >= 15 is 0 Å². The summed E-state index contributed by atoms with van der Waals surface area (Å²) in [4.78, 5) is 4.01. The molecule has 0 spiro atoms. The van der Waals surface area contributed by atoms with Gasteiger partial charge in [0.15, 0.2) is 0 Å². The normalized spacial score (nSPS) is 13.6. The first-order valence-electron chi connectivity index (χ1n) is 6.62. The van der Waals surface area contributed by atoms with E-state index in [1.54, 1.807) is 25.3 Å². The number of rotatable bonds is 5. The van der Waals surface area contributed by atoms with Gasteiger partial charge in [-0.3, -0.25) is 4.98 Å². The number of hydrogen-bond acceptors (Lipinski definition) is 4. The number of aliphatic hydroxyl groups is 1. The monoisotopic (exact) mass is 291 g/mol. The lowest BCUT2D eigenvalue weighted by atomic mass is 9.86. The zero-order valence-corrected chi connectivity index (χ0v) is 12.3. The van der Waals surface area contributed by atoms with Crippen LogP contribution in [0.3, 0.4) is 0 Å². The van der Waals surface area contributed by atoms with Gasteiger partial charge in [-0.15, -0.1) is 0 Å². The summed E-state index contributed by atoms with van der Waals surface area (Å²) in [6, 6.07) is 7.91. The summed E-state index contributed by atoms with van der Waals surface area (Å²) in [6.45, 7) is 1.82. The van der Waals surface area contributed by atoms with E-state index in [-0.39, 0.29) is 0 Å². The third-order valence-corrected chi connectivity index (χ3v) is 3.52. The Labute approximate surface area is 123 Å². The molecule has 4 nitrogen and oxygen atoms in total. The minimum absolute atomic E-state index is 0.356. The van der Waals surface area contributed by atoms with E-state index in [9.17, 15) is 9.50 Å². The highest BCUT2D eigenvalue weighted by molar-refractivity contribution is 5.47. The maximum atomic E-state index is 13.1. The van der Waals surface area contributed by atoms with E-state index in [1.807, 2.05) is 6.92 Å². The highest BCUT2D eigenvalue weighted by atomic mass is 19.1. The van der Waals surface area contributed by atoms with Crippen LogP contribution in [0, 0.1) is 5.82 Å². The second-order valence-electron chi connectivity index (χ2n) is 4.64. The first kappa shape index (κ1) is 15.3. The maximum absolute atomic E-state index is 13.1. The van der Waals surface area contributed by atoms with Crippen molar-refractivity contribution in [1.82, 2.24) is 4.98 Å². The first-order chi connectivity index (χ1) is 10.0. The number of halogens is 1. The fourth-order valence-electron chi connectivity index (χ4n) is 2.27. The number of nitrogens with zero attached hydrogens (tertiary/aromatic N) is 1. The Bertz CT molecular complexity index is 615. The van der Waals surface area contributed by atoms with Gasteiger partial charge >= 0.3 is 0 Å². The molecule has 1 aromatic heterocycles. The fourth-order valence-corrected chi connectivity index (χ4v) is 2.27. The maximum Gasteiger partial charge on any atom is 0.141 e. The molecule has 5 heteroatoms. The van der Waals surface area contributed by atoms with E-state index in [0.717, 1.165) is 6.20 Å². The molecule has 21 heavy (non-hydrogen) atoms. The van der Waals surface area contributed by atoms with Gasteiger partial charge < -0.3 is 14.6 Å². The van der Waals surface area contributed by atoms with E-state index in [4.69, 9.17) is 9.47 Å². The molecule has 0 saturated heterocycles. The molecule has 0 bridgehead atoms. The van der Waals surface area contributed by atoms with Crippen molar-refractivity contribution in [3.63, 3.8) is 0 Å². The molecular formula is C16H18FNO3. The molecule has 0 fully saturated rings. The zero-order chi connectivity index (χ0) is 15.5. The Hall–Kier alpha value is -2.14. The lowest BCUT2D eigenvalue weighted by Crippen LogP contribution is -2.28. The number of methoxy groups -OCH3 is 2. The summed E-state index contributed by atoms with van der Waals surface area (Å²) in [7, 11) is 3.08. The largest absolute Gasteiger partial charge is 0.497 e. The summed E-state index contributed by atoms with van der Waals surface area (Å²) in [5.41, 5.74) is -0.489. The van der Waals surface area contributed by atoms with Gasteiger partial charge in [-0.2, -0.15) is 0 Å². The van der Waals surface area contributed by atoms with Gasteiger partial charge in [0.05, 0.1) is 26.1 Å². The van der Waals surface area contributed by atoms with Crippen molar-refractivity contribution >= 4 is 0 Å². The predicted octanol–water partition coefficient (Wildman–Crippen LogP) is 2.88. The lowest BCUT2D eigenvalue weighted by Gasteiger charge is -2.28. The van der Waals surface area contributed by atoms with Gasteiger partial charge in [-0.1, -0.05) is 6.92 Å². The summed E-state index contributed by atoms with van der Waals surface area (Å²) in [5, 5.41) is 11.1.